The molecule has 2 nitrogen and oxygen atoms in total. The molecular weight excluding hydrogens is 220 g/mol. The van der Waals surface area contributed by atoms with E-state index in [1.807, 2.05) is 0 Å². The lowest BCUT2D eigenvalue weighted by atomic mass is 10.3. The fourth-order valence-electron chi connectivity index (χ4n) is 0.994. The molecule has 12 heavy (non-hydrogen) atoms. The van der Waals surface area contributed by atoms with Crippen LogP contribution in [0.25, 0.3) is 0 Å². The third-order valence-electron chi connectivity index (χ3n) is 1.80. The smallest absolute Gasteiger partial charge is 0.250 e. The third kappa shape index (κ3) is 1.70. The number of halogens is 3. The molecule has 0 bridgehead atoms. The number of hydrogen-bond donors (Lipinski definition) is 0. The molecule has 0 amide bonds. The van der Waals surface area contributed by atoms with E-state index in [-0.39, 0.29) is 0 Å². The Hall–Kier alpha value is 0.0800. The molecule has 0 spiro atoms. The van der Waals surface area contributed by atoms with Crippen LogP contribution in [0, 0.1) is 0 Å². The molecule has 1 saturated carbocycles. The minimum Gasteiger partial charge on any atom is -0.356 e. The van der Waals surface area contributed by atoms with Gasteiger partial charge in [-0.25, -0.2) is 0 Å². The molecular formula is C7H6Cl3NO. The van der Waals surface area contributed by atoms with Crippen LogP contribution in [-0.2, 0) is 3.79 Å². The van der Waals surface area contributed by atoms with E-state index in [1.54, 1.807) is 6.07 Å². The summed E-state index contributed by atoms with van der Waals surface area (Å²) in [5.41, 5.74) is 0.899. The molecule has 0 aromatic carbocycles. The van der Waals surface area contributed by atoms with Crippen LogP contribution in [0.2, 0.25) is 0 Å². The zero-order chi connectivity index (χ0) is 8.77. The summed E-state index contributed by atoms with van der Waals surface area (Å²) in [5.74, 6) is 0.823. The second kappa shape index (κ2) is 2.79. The van der Waals surface area contributed by atoms with Crippen LogP contribution >= 0.6 is 34.8 Å². The largest absolute Gasteiger partial charge is 0.356 e. The topological polar surface area (TPSA) is 26.0 Å². The van der Waals surface area contributed by atoms with Crippen molar-refractivity contribution < 1.29 is 4.52 Å². The van der Waals surface area contributed by atoms with E-state index in [2.05, 4.69) is 5.16 Å². The second-order valence-electron chi connectivity index (χ2n) is 2.89. The molecule has 0 unspecified atom stereocenters. The molecule has 5 heteroatoms. The highest BCUT2D eigenvalue weighted by Crippen LogP contribution is 2.43. The summed E-state index contributed by atoms with van der Waals surface area (Å²) in [7, 11) is 0. The minimum absolute atomic E-state index is 0.300. The van der Waals surface area contributed by atoms with Crippen LogP contribution in [0.15, 0.2) is 10.6 Å². The van der Waals surface area contributed by atoms with E-state index in [1.165, 1.54) is 0 Å². The second-order valence-corrected chi connectivity index (χ2v) is 5.17. The van der Waals surface area contributed by atoms with E-state index < -0.39 is 3.79 Å². The summed E-state index contributed by atoms with van der Waals surface area (Å²) in [4.78, 5) is 0. The monoisotopic (exact) mass is 225 g/mol. The Morgan fingerprint density at radius 3 is 2.50 bits per heavy atom. The minimum atomic E-state index is -1.49. The predicted molar refractivity (Wildman–Crippen MR) is 47.7 cm³/mol. The lowest BCUT2D eigenvalue weighted by molar-refractivity contribution is 0.381. The van der Waals surface area contributed by atoms with Gasteiger partial charge in [0.2, 0.25) is 0 Å². The summed E-state index contributed by atoms with van der Waals surface area (Å²) in [5, 5.41) is 3.82. The molecule has 0 saturated heterocycles. The van der Waals surface area contributed by atoms with Gasteiger partial charge in [0.25, 0.3) is 3.79 Å². The first kappa shape index (κ1) is 8.67. The quantitative estimate of drug-likeness (QED) is 0.686. The van der Waals surface area contributed by atoms with Gasteiger partial charge in [0.15, 0.2) is 5.76 Å². The lowest BCUT2D eigenvalue weighted by Gasteiger charge is -2.02. The maximum atomic E-state index is 5.59. The average Bonchev–Trinajstić information content (AvgIpc) is 2.66. The Morgan fingerprint density at radius 1 is 1.42 bits per heavy atom. The van der Waals surface area contributed by atoms with Crippen molar-refractivity contribution in [2.45, 2.75) is 22.6 Å². The highest BCUT2D eigenvalue weighted by molar-refractivity contribution is 6.66. The SMILES string of the molecule is ClC(Cl)(Cl)c1cc(C2CC2)no1. The first-order valence-corrected chi connectivity index (χ1v) is 4.74. The molecule has 1 aliphatic carbocycles. The third-order valence-corrected chi connectivity index (χ3v) is 2.36. The molecule has 1 heterocycles. The highest BCUT2D eigenvalue weighted by atomic mass is 35.6. The molecule has 1 aliphatic rings. The molecule has 0 radical (unpaired) electrons. The van der Waals surface area contributed by atoms with Crippen LogP contribution in [-0.4, -0.2) is 5.16 Å². The van der Waals surface area contributed by atoms with Gasteiger partial charge < -0.3 is 4.52 Å². The average molecular weight is 226 g/mol. The van der Waals surface area contributed by atoms with E-state index in [0.29, 0.717) is 11.7 Å². The Morgan fingerprint density at radius 2 is 2.08 bits per heavy atom. The van der Waals surface area contributed by atoms with Crippen LogP contribution < -0.4 is 0 Å². The Bertz CT molecular complexity index is 287. The van der Waals surface area contributed by atoms with Gasteiger partial charge in [-0.05, 0) is 12.8 Å². The maximum Gasteiger partial charge on any atom is 0.250 e. The van der Waals surface area contributed by atoms with Crippen molar-refractivity contribution in [1.82, 2.24) is 5.16 Å². The fraction of sp³-hybridized carbons (Fsp3) is 0.571. The number of rotatable bonds is 1. The molecule has 66 valence electrons. The Balaban J connectivity index is 2.23. The van der Waals surface area contributed by atoms with Crippen LogP contribution in [0.5, 0.6) is 0 Å². The zero-order valence-electron chi connectivity index (χ0n) is 6.06. The number of hydrogen-bond acceptors (Lipinski definition) is 2. The maximum absolute atomic E-state index is 5.59. The Labute approximate surface area is 84.8 Å². The van der Waals surface area contributed by atoms with Gasteiger partial charge in [0.05, 0.1) is 5.69 Å². The molecule has 1 aromatic rings. The number of aromatic nitrogens is 1. The van der Waals surface area contributed by atoms with E-state index >= 15 is 0 Å². The molecule has 0 aliphatic heterocycles. The molecule has 1 aromatic heterocycles. The van der Waals surface area contributed by atoms with Crippen LogP contribution in [0.1, 0.15) is 30.2 Å². The van der Waals surface area contributed by atoms with Gasteiger partial charge in [-0.15, -0.1) is 0 Å². The van der Waals surface area contributed by atoms with Gasteiger partial charge in [0, 0.05) is 12.0 Å². The van der Waals surface area contributed by atoms with Gasteiger partial charge in [-0.1, -0.05) is 40.0 Å². The van der Waals surface area contributed by atoms with Gasteiger partial charge in [0.1, 0.15) is 0 Å². The summed E-state index contributed by atoms with van der Waals surface area (Å²) in [6.07, 6.45) is 2.32. The summed E-state index contributed by atoms with van der Waals surface area (Å²) < 4.78 is 3.40. The predicted octanol–water partition coefficient (Wildman–Crippen LogP) is 3.38. The highest BCUT2D eigenvalue weighted by Gasteiger charge is 2.32. The Kier molecular flexibility index (Phi) is 2.02. The summed E-state index contributed by atoms with van der Waals surface area (Å²) >= 11 is 16.8. The van der Waals surface area contributed by atoms with E-state index in [4.69, 9.17) is 39.3 Å². The first-order valence-electron chi connectivity index (χ1n) is 3.61. The van der Waals surface area contributed by atoms with Crippen molar-refractivity contribution in [3.63, 3.8) is 0 Å². The van der Waals surface area contributed by atoms with Crippen molar-refractivity contribution in [3.8, 4) is 0 Å². The van der Waals surface area contributed by atoms with Gasteiger partial charge >= 0.3 is 0 Å². The molecule has 0 atom stereocenters. The summed E-state index contributed by atoms with van der Waals surface area (Å²) in [6, 6.07) is 1.71. The normalized spacial score (nSPS) is 18.2. The molecule has 2 rings (SSSR count). The van der Waals surface area contributed by atoms with Crippen molar-refractivity contribution >= 4 is 34.8 Å². The standard InChI is InChI=1S/C7H6Cl3NO/c8-7(9,10)6-3-5(11-12-6)4-1-2-4/h3-4H,1-2H2. The van der Waals surface area contributed by atoms with Crippen molar-refractivity contribution in [3.05, 3.63) is 17.5 Å². The van der Waals surface area contributed by atoms with Crippen LogP contribution in [0.4, 0.5) is 0 Å². The van der Waals surface area contributed by atoms with Crippen molar-refractivity contribution in [1.29, 1.82) is 0 Å². The van der Waals surface area contributed by atoms with Crippen molar-refractivity contribution in [2.24, 2.45) is 0 Å². The van der Waals surface area contributed by atoms with E-state index in [0.717, 1.165) is 18.5 Å². The molecule has 1 fully saturated rings. The van der Waals surface area contributed by atoms with Crippen molar-refractivity contribution in [2.75, 3.05) is 0 Å². The lowest BCUT2D eigenvalue weighted by Crippen LogP contribution is -1.96. The fourth-order valence-corrected chi connectivity index (χ4v) is 1.26. The number of alkyl halides is 3. The van der Waals surface area contributed by atoms with Gasteiger partial charge in [-0.2, -0.15) is 0 Å². The zero-order valence-corrected chi connectivity index (χ0v) is 8.33. The first-order chi connectivity index (χ1) is 5.57. The summed E-state index contributed by atoms with van der Waals surface area (Å²) in [6.45, 7) is 0. The van der Waals surface area contributed by atoms with Crippen LogP contribution in [0.3, 0.4) is 0 Å². The van der Waals surface area contributed by atoms with Gasteiger partial charge in [-0.3, -0.25) is 0 Å². The van der Waals surface area contributed by atoms with E-state index in [9.17, 15) is 0 Å². The number of nitrogens with zero attached hydrogens (tertiary/aromatic N) is 1. The molecule has 0 N–H and O–H groups in total.